The minimum absolute atomic E-state index is 0.0564. The summed E-state index contributed by atoms with van der Waals surface area (Å²) < 4.78 is 0. The molecular weight excluding hydrogens is 324 g/mol. The van der Waals surface area contributed by atoms with Crippen LogP contribution in [0.1, 0.15) is 58.9 Å². The van der Waals surface area contributed by atoms with Gasteiger partial charge in [0.1, 0.15) is 0 Å². The Hall–Kier alpha value is -2.14. The van der Waals surface area contributed by atoms with E-state index >= 15 is 0 Å². The minimum atomic E-state index is 0.0564. The number of carbonyl (C=O) groups excluding carboxylic acids is 1. The van der Waals surface area contributed by atoms with Gasteiger partial charge in [0.25, 0.3) is 5.91 Å². The minimum Gasteiger partial charge on any atom is -0.349 e. The van der Waals surface area contributed by atoms with Crippen LogP contribution in [0.25, 0.3) is 0 Å². The molecule has 2 fully saturated rings. The average molecular weight is 352 g/mol. The van der Waals surface area contributed by atoms with Crippen LogP contribution in [0.5, 0.6) is 0 Å². The molecule has 0 radical (unpaired) electrons. The number of benzene rings is 1. The Morgan fingerprint density at radius 3 is 2.62 bits per heavy atom. The summed E-state index contributed by atoms with van der Waals surface area (Å²) in [4.78, 5) is 15.3. The van der Waals surface area contributed by atoms with Crippen molar-refractivity contribution in [3.05, 3.63) is 52.8 Å². The van der Waals surface area contributed by atoms with Crippen LogP contribution in [0.3, 0.4) is 0 Å². The number of rotatable bonds is 6. The third-order valence-corrected chi connectivity index (χ3v) is 5.65. The number of hydrogen-bond donors (Lipinski definition) is 2. The fourth-order valence-corrected chi connectivity index (χ4v) is 3.88. The van der Waals surface area contributed by atoms with Gasteiger partial charge in [-0.05, 0) is 44.6 Å². The number of hydrogen-bond acceptors (Lipinski definition) is 3. The Kier molecular flexibility index (Phi) is 5.07. The van der Waals surface area contributed by atoms with Crippen LogP contribution in [0.2, 0.25) is 0 Å². The van der Waals surface area contributed by atoms with Crippen molar-refractivity contribution < 1.29 is 4.79 Å². The zero-order valence-corrected chi connectivity index (χ0v) is 15.5. The summed E-state index contributed by atoms with van der Waals surface area (Å²) >= 11 is 0. The van der Waals surface area contributed by atoms with Crippen molar-refractivity contribution in [1.82, 2.24) is 20.4 Å². The molecule has 0 bridgehead atoms. The smallest absolute Gasteiger partial charge is 0.255 e. The van der Waals surface area contributed by atoms with Crippen LogP contribution < -0.4 is 5.32 Å². The highest BCUT2D eigenvalue weighted by Gasteiger charge is 2.32. The summed E-state index contributed by atoms with van der Waals surface area (Å²) in [5.74, 6) is 0.543. The molecule has 0 unspecified atom stereocenters. The van der Waals surface area contributed by atoms with E-state index in [4.69, 9.17) is 0 Å². The van der Waals surface area contributed by atoms with Crippen molar-refractivity contribution in [2.45, 2.75) is 51.0 Å². The first-order chi connectivity index (χ1) is 12.7. The summed E-state index contributed by atoms with van der Waals surface area (Å²) in [7, 11) is 0. The van der Waals surface area contributed by atoms with E-state index < -0.39 is 0 Å². The predicted molar refractivity (Wildman–Crippen MR) is 102 cm³/mol. The van der Waals surface area contributed by atoms with Crippen molar-refractivity contribution in [1.29, 1.82) is 0 Å². The number of H-pyrrole nitrogens is 1. The Balaban J connectivity index is 1.26. The lowest BCUT2D eigenvalue weighted by molar-refractivity contribution is 0.0910. The van der Waals surface area contributed by atoms with E-state index in [1.807, 2.05) is 6.92 Å². The van der Waals surface area contributed by atoms with Gasteiger partial charge in [-0.3, -0.25) is 9.89 Å². The largest absolute Gasteiger partial charge is 0.349 e. The van der Waals surface area contributed by atoms with E-state index in [1.165, 1.54) is 5.56 Å². The number of amides is 1. The first-order valence-electron chi connectivity index (χ1n) is 9.82. The molecule has 1 saturated carbocycles. The third kappa shape index (κ3) is 3.98. The normalized spacial score (nSPS) is 18.8. The van der Waals surface area contributed by atoms with Gasteiger partial charge in [-0.15, -0.1) is 0 Å². The Labute approximate surface area is 155 Å². The predicted octanol–water partition coefficient (Wildman–Crippen LogP) is 3.03. The second-order valence-corrected chi connectivity index (χ2v) is 7.71. The fourth-order valence-electron chi connectivity index (χ4n) is 3.88. The lowest BCUT2D eigenvalue weighted by atomic mass is 10.0. The number of aromatic nitrogens is 2. The van der Waals surface area contributed by atoms with Crippen molar-refractivity contribution in [3.63, 3.8) is 0 Å². The van der Waals surface area contributed by atoms with Gasteiger partial charge < -0.3 is 10.2 Å². The molecule has 2 aliphatic rings. The van der Waals surface area contributed by atoms with Crippen molar-refractivity contribution in [2.24, 2.45) is 0 Å². The van der Waals surface area contributed by atoms with E-state index in [0.717, 1.165) is 68.7 Å². The molecule has 5 nitrogen and oxygen atoms in total. The van der Waals surface area contributed by atoms with Gasteiger partial charge in [0, 0.05) is 37.3 Å². The Morgan fingerprint density at radius 1 is 1.19 bits per heavy atom. The van der Waals surface area contributed by atoms with Crippen LogP contribution >= 0.6 is 0 Å². The quantitative estimate of drug-likeness (QED) is 0.840. The van der Waals surface area contributed by atoms with Crippen LogP contribution in [-0.2, 0) is 6.42 Å². The van der Waals surface area contributed by atoms with Crippen LogP contribution in [0, 0.1) is 6.92 Å². The molecule has 1 aliphatic heterocycles. The van der Waals surface area contributed by atoms with Gasteiger partial charge in [-0.2, -0.15) is 5.10 Å². The highest BCUT2D eigenvalue weighted by Crippen LogP contribution is 2.41. The van der Waals surface area contributed by atoms with Gasteiger partial charge in [0.15, 0.2) is 0 Å². The SMILES string of the molecule is Cc1[nH]nc(C2CC2)c1C(=O)NC1CCN(CCc2ccccc2)CC1. The van der Waals surface area contributed by atoms with Crippen LogP contribution in [-0.4, -0.2) is 46.7 Å². The summed E-state index contributed by atoms with van der Waals surface area (Å²) in [6, 6.07) is 10.9. The summed E-state index contributed by atoms with van der Waals surface area (Å²) in [5.41, 5.74) is 4.05. The lowest BCUT2D eigenvalue weighted by Gasteiger charge is -2.32. The molecule has 1 amide bonds. The monoisotopic (exact) mass is 352 g/mol. The van der Waals surface area contributed by atoms with E-state index in [9.17, 15) is 4.79 Å². The number of aryl methyl sites for hydroxylation is 1. The standard InChI is InChI=1S/C21H28N4O/c1-15-19(20(24-23-15)17-7-8-17)21(26)22-18-10-13-25(14-11-18)12-9-16-5-3-2-4-6-16/h2-6,17-18H,7-14H2,1H3,(H,22,26)(H,23,24). The van der Waals surface area contributed by atoms with Gasteiger partial charge in [0.2, 0.25) is 0 Å². The summed E-state index contributed by atoms with van der Waals surface area (Å²) in [5, 5.41) is 10.6. The molecule has 26 heavy (non-hydrogen) atoms. The van der Waals surface area contributed by atoms with Crippen molar-refractivity contribution >= 4 is 5.91 Å². The van der Waals surface area contributed by atoms with E-state index in [1.54, 1.807) is 0 Å². The first kappa shape index (κ1) is 17.3. The number of aromatic amines is 1. The molecule has 1 saturated heterocycles. The molecule has 5 heteroatoms. The maximum absolute atomic E-state index is 12.8. The molecular formula is C21H28N4O. The van der Waals surface area contributed by atoms with E-state index in [-0.39, 0.29) is 11.9 Å². The summed E-state index contributed by atoms with van der Waals surface area (Å²) in [6.07, 6.45) is 5.46. The molecule has 1 aliphatic carbocycles. The van der Waals surface area contributed by atoms with Gasteiger partial charge >= 0.3 is 0 Å². The second kappa shape index (κ2) is 7.62. The molecule has 0 spiro atoms. The number of likely N-dealkylation sites (tertiary alicyclic amines) is 1. The topological polar surface area (TPSA) is 61.0 Å². The molecule has 4 rings (SSSR count). The molecule has 1 aromatic carbocycles. The molecule has 2 heterocycles. The van der Waals surface area contributed by atoms with Gasteiger partial charge in [-0.1, -0.05) is 30.3 Å². The van der Waals surface area contributed by atoms with Crippen molar-refractivity contribution in [3.8, 4) is 0 Å². The highest BCUT2D eigenvalue weighted by atomic mass is 16.1. The summed E-state index contributed by atoms with van der Waals surface area (Å²) in [6.45, 7) is 5.15. The lowest BCUT2D eigenvalue weighted by Crippen LogP contribution is -2.45. The maximum Gasteiger partial charge on any atom is 0.255 e. The zero-order valence-electron chi connectivity index (χ0n) is 15.5. The van der Waals surface area contributed by atoms with E-state index in [2.05, 4.69) is 50.7 Å². The van der Waals surface area contributed by atoms with Gasteiger partial charge in [0.05, 0.1) is 11.3 Å². The second-order valence-electron chi connectivity index (χ2n) is 7.71. The zero-order chi connectivity index (χ0) is 17.9. The van der Waals surface area contributed by atoms with Crippen molar-refractivity contribution in [2.75, 3.05) is 19.6 Å². The average Bonchev–Trinajstić information content (AvgIpc) is 3.44. The molecule has 2 aromatic rings. The Morgan fingerprint density at radius 2 is 1.92 bits per heavy atom. The highest BCUT2D eigenvalue weighted by molar-refractivity contribution is 5.96. The van der Waals surface area contributed by atoms with Crippen LogP contribution in [0.15, 0.2) is 30.3 Å². The van der Waals surface area contributed by atoms with E-state index in [0.29, 0.717) is 5.92 Å². The third-order valence-electron chi connectivity index (χ3n) is 5.65. The molecule has 0 atom stereocenters. The molecule has 138 valence electrons. The van der Waals surface area contributed by atoms with Gasteiger partial charge in [-0.25, -0.2) is 0 Å². The first-order valence-corrected chi connectivity index (χ1v) is 9.82. The number of nitrogens with one attached hydrogen (secondary N) is 2. The fraction of sp³-hybridized carbons (Fsp3) is 0.524. The number of piperidine rings is 1. The number of nitrogens with zero attached hydrogens (tertiary/aromatic N) is 2. The maximum atomic E-state index is 12.8. The Bertz CT molecular complexity index is 743. The molecule has 2 N–H and O–H groups in total. The van der Waals surface area contributed by atoms with Crippen LogP contribution in [0.4, 0.5) is 0 Å². The number of carbonyl (C=O) groups is 1. The molecule has 1 aromatic heterocycles.